The molecule has 3 amide bonds. The van der Waals surface area contributed by atoms with E-state index in [9.17, 15) is 18.0 Å². The lowest BCUT2D eigenvalue weighted by molar-refractivity contribution is -0.118. The average Bonchev–Trinajstić information content (AvgIpc) is 2.54. The van der Waals surface area contributed by atoms with Gasteiger partial charge in [-0.05, 0) is 30.5 Å². The van der Waals surface area contributed by atoms with E-state index in [1.807, 2.05) is 13.8 Å². The van der Waals surface area contributed by atoms with E-state index in [0.717, 1.165) is 0 Å². The summed E-state index contributed by atoms with van der Waals surface area (Å²) >= 11 is 0. The van der Waals surface area contributed by atoms with Crippen molar-refractivity contribution < 1.29 is 18.0 Å². The molecule has 0 aliphatic heterocycles. The first-order valence-electron chi connectivity index (χ1n) is 8.58. The van der Waals surface area contributed by atoms with E-state index in [0.29, 0.717) is 25.2 Å². The van der Waals surface area contributed by atoms with E-state index in [-0.39, 0.29) is 10.8 Å². The molecule has 0 radical (unpaired) electrons. The summed E-state index contributed by atoms with van der Waals surface area (Å²) in [7, 11) is -3.63. The summed E-state index contributed by atoms with van der Waals surface area (Å²) in [5.74, 6) is -0.290. The number of carbonyl (C=O) groups excluding carboxylic acids is 2. The number of nitrogens with one attached hydrogen (secondary N) is 2. The van der Waals surface area contributed by atoms with Crippen LogP contribution in [0.4, 0.5) is 10.5 Å². The second-order valence-corrected chi connectivity index (χ2v) is 8.24. The third-order valence-corrected chi connectivity index (χ3v) is 5.83. The topological polar surface area (TPSA) is 122 Å². The number of benzene rings is 1. The third-order valence-electron chi connectivity index (χ3n) is 3.78. The highest BCUT2D eigenvalue weighted by atomic mass is 32.2. The number of rotatable bonds is 9. The molecule has 0 saturated carbocycles. The number of hydrogen-bond donors (Lipinski definition) is 3. The minimum Gasteiger partial charge on any atom is -0.352 e. The summed E-state index contributed by atoms with van der Waals surface area (Å²) < 4.78 is 26.5. The van der Waals surface area contributed by atoms with Gasteiger partial charge in [-0.15, -0.1) is 0 Å². The maximum atomic E-state index is 12.6. The van der Waals surface area contributed by atoms with Gasteiger partial charge in [0.25, 0.3) is 0 Å². The van der Waals surface area contributed by atoms with Crippen LogP contribution in [-0.2, 0) is 14.8 Å². The van der Waals surface area contributed by atoms with Crippen LogP contribution in [0.2, 0.25) is 0 Å². The molecule has 9 heteroatoms. The van der Waals surface area contributed by atoms with Crippen LogP contribution in [0.15, 0.2) is 29.2 Å². The summed E-state index contributed by atoms with van der Waals surface area (Å²) in [6.07, 6.45) is 0.409. The van der Waals surface area contributed by atoms with Gasteiger partial charge in [0.2, 0.25) is 15.9 Å². The first-order chi connectivity index (χ1) is 12.1. The molecule has 26 heavy (non-hydrogen) atoms. The molecule has 1 aromatic carbocycles. The quantitative estimate of drug-likeness (QED) is 0.600. The van der Waals surface area contributed by atoms with Crippen LogP contribution in [0.25, 0.3) is 0 Å². The second-order valence-electron chi connectivity index (χ2n) is 6.30. The minimum atomic E-state index is -3.63. The van der Waals surface area contributed by atoms with Crippen molar-refractivity contribution in [1.82, 2.24) is 9.62 Å². The molecular formula is C17H28N4O4S. The number of nitrogens with zero attached hydrogens (tertiary/aromatic N) is 1. The zero-order valence-electron chi connectivity index (χ0n) is 15.7. The number of sulfonamides is 1. The Hall–Kier alpha value is -2.13. The Balaban J connectivity index is 3.03. The van der Waals surface area contributed by atoms with E-state index in [1.54, 1.807) is 26.0 Å². The predicted molar refractivity (Wildman–Crippen MR) is 101 cm³/mol. The lowest BCUT2D eigenvalue weighted by atomic mass is 10.0. The highest BCUT2D eigenvalue weighted by Gasteiger charge is 2.24. The van der Waals surface area contributed by atoms with Crippen molar-refractivity contribution in [2.24, 2.45) is 11.7 Å². The first kappa shape index (κ1) is 21.9. The molecule has 1 rings (SSSR count). The molecule has 0 bridgehead atoms. The number of hydrogen-bond acceptors (Lipinski definition) is 4. The number of anilines is 1. The Morgan fingerprint density at radius 1 is 1.19 bits per heavy atom. The predicted octanol–water partition coefficient (Wildman–Crippen LogP) is 1.74. The van der Waals surface area contributed by atoms with Crippen LogP contribution in [0.1, 0.15) is 34.1 Å². The van der Waals surface area contributed by atoms with Gasteiger partial charge in [-0.2, -0.15) is 4.31 Å². The van der Waals surface area contributed by atoms with E-state index in [4.69, 9.17) is 5.73 Å². The van der Waals surface area contributed by atoms with Crippen molar-refractivity contribution in [2.75, 3.05) is 18.4 Å². The van der Waals surface area contributed by atoms with Crippen LogP contribution in [0, 0.1) is 5.92 Å². The van der Waals surface area contributed by atoms with E-state index in [1.165, 1.54) is 16.4 Å². The minimum absolute atomic E-state index is 0.0993. The monoisotopic (exact) mass is 384 g/mol. The average molecular weight is 385 g/mol. The fraction of sp³-hybridized carbons (Fsp3) is 0.529. The van der Waals surface area contributed by atoms with Crippen molar-refractivity contribution in [3.8, 4) is 0 Å². The van der Waals surface area contributed by atoms with Gasteiger partial charge in [0, 0.05) is 18.8 Å². The molecule has 0 heterocycles. The summed E-state index contributed by atoms with van der Waals surface area (Å²) in [4.78, 5) is 23.7. The zero-order valence-corrected chi connectivity index (χ0v) is 16.5. The third kappa shape index (κ3) is 5.99. The SMILES string of the molecule is CCN(CC)S(=O)(=O)c1cccc(NC(=O)[C@@H](CC(C)C)NC(N)=O)c1. The van der Waals surface area contributed by atoms with Crippen molar-refractivity contribution >= 4 is 27.6 Å². The van der Waals surface area contributed by atoms with Crippen LogP contribution in [-0.4, -0.2) is 43.8 Å². The second kappa shape index (κ2) is 9.54. The number of carbonyl (C=O) groups is 2. The van der Waals surface area contributed by atoms with Gasteiger partial charge >= 0.3 is 6.03 Å². The molecule has 0 aliphatic rings. The van der Waals surface area contributed by atoms with E-state index >= 15 is 0 Å². The molecule has 0 aromatic heterocycles. The Morgan fingerprint density at radius 3 is 2.31 bits per heavy atom. The van der Waals surface area contributed by atoms with E-state index in [2.05, 4.69) is 10.6 Å². The molecule has 0 saturated heterocycles. The van der Waals surface area contributed by atoms with Gasteiger partial charge < -0.3 is 16.4 Å². The van der Waals surface area contributed by atoms with Crippen LogP contribution in [0.3, 0.4) is 0 Å². The van der Waals surface area contributed by atoms with Gasteiger partial charge in [-0.3, -0.25) is 4.79 Å². The van der Waals surface area contributed by atoms with Crippen LogP contribution < -0.4 is 16.4 Å². The molecule has 1 atom stereocenters. The Morgan fingerprint density at radius 2 is 1.81 bits per heavy atom. The molecule has 146 valence electrons. The summed E-state index contributed by atoms with van der Waals surface area (Å²) in [6.45, 7) is 8.07. The van der Waals surface area contributed by atoms with Crippen LogP contribution in [0.5, 0.6) is 0 Å². The lowest BCUT2D eigenvalue weighted by Gasteiger charge is -2.20. The highest BCUT2D eigenvalue weighted by molar-refractivity contribution is 7.89. The summed E-state index contributed by atoms with van der Waals surface area (Å²) in [5.41, 5.74) is 5.47. The summed E-state index contributed by atoms with van der Waals surface area (Å²) in [5, 5.41) is 5.06. The van der Waals surface area contributed by atoms with Gasteiger partial charge in [0.05, 0.1) is 4.90 Å². The zero-order chi connectivity index (χ0) is 19.9. The maximum absolute atomic E-state index is 12.6. The standard InChI is InChI=1S/C17H28N4O4S/c1-5-21(6-2)26(24,25)14-9-7-8-13(11-14)19-16(22)15(10-12(3)4)20-17(18)23/h7-9,11-12,15H,5-6,10H2,1-4H3,(H,19,22)(H3,18,20,23)/t15-/m1/s1. The largest absolute Gasteiger partial charge is 0.352 e. The Kier molecular flexibility index (Phi) is 8.04. The molecule has 0 unspecified atom stereocenters. The first-order valence-corrected chi connectivity index (χ1v) is 10.0. The Labute approximate surface area is 155 Å². The molecule has 0 fully saturated rings. The molecule has 1 aromatic rings. The van der Waals surface area contributed by atoms with Gasteiger partial charge in [0.1, 0.15) is 6.04 Å². The number of nitrogens with two attached hydrogens (primary N) is 1. The smallest absolute Gasteiger partial charge is 0.312 e. The van der Waals surface area contributed by atoms with Crippen molar-refractivity contribution in [2.45, 2.75) is 45.1 Å². The molecule has 8 nitrogen and oxygen atoms in total. The Bertz CT molecular complexity index is 730. The van der Waals surface area contributed by atoms with Gasteiger partial charge in [-0.25, -0.2) is 13.2 Å². The van der Waals surface area contributed by atoms with Crippen molar-refractivity contribution in [3.63, 3.8) is 0 Å². The van der Waals surface area contributed by atoms with Crippen molar-refractivity contribution in [1.29, 1.82) is 0 Å². The molecule has 0 spiro atoms. The van der Waals surface area contributed by atoms with Gasteiger partial charge in [-0.1, -0.05) is 33.8 Å². The molecular weight excluding hydrogens is 356 g/mol. The van der Waals surface area contributed by atoms with E-state index < -0.39 is 28.0 Å². The number of primary amides is 1. The van der Waals surface area contributed by atoms with Crippen LogP contribution >= 0.6 is 0 Å². The maximum Gasteiger partial charge on any atom is 0.312 e. The highest BCUT2D eigenvalue weighted by Crippen LogP contribution is 2.20. The number of amides is 3. The summed E-state index contributed by atoms with van der Waals surface area (Å²) in [6, 6.07) is 4.46. The van der Waals surface area contributed by atoms with Crippen molar-refractivity contribution in [3.05, 3.63) is 24.3 Å². The molecule has 4 N–H and O–H groups in total. The van der Waals surface area contributed by atoms with Gasteiger partial charge in [0.15, 0.2) is 0 Å². The normalized spacial score (nSPS) is 12.8. The fourth-order valence-corrected chi connectivity index (χ4v) is 4.06. The molecule has 0 aliphatic carbocycles. The lowest BCUT2D eigenvalue weighted by Crippen LogP contribution is -2.46. The number of urea groups is 1. The fourth-order valence-electron chi connectivity index (χ4n) is 2.55.